The van der Waals surface area contributed by atoms with Crippen LogP contribution >= 0.6 is 15.9 Å². The number of nitrogens with one attached hydrogen (secondary N) is 2. The molecule has 0 bridgehead atoms. The summed E-state index contributed by atoms with van der Waals surface area (Å²) in [6.45, 7) is 7.18. The monoisotopic (exact) mass is 450 g/mol. The molecule has 0 atom stereocenters. The second-order valence-corrected chi connectivity index (χ2v) is 9.01. The van der Waals surface area contributed by atoms with Crippen molar-refractivity contribution in [1.29, 1.82) is 0 Å². The summed E-state index contributed by atoms with van der Waals surface area (Å²) in [5.41, 5.74) is -0.280. The molecule has 0 spiro atoms. The number of aryl methyl sites for hydroxylation is 1. The number of carbonyl (C=O) groups excluding carboxylic acids is 2. The van der Waals surface area contributed by atoms with E-state index < -0.39 is 11.0 Å². The molecule has 150 valence electrons. The first kappa shape index (κ1) is 20.2. The Hall–Kier alpha value is -2.49. The Morgan fingerprint density at radius 2 is 2.11 bits per heavy atom. The van der Waals surface area contributed by atoms with Gasteiger partial charge < -0.3 is 10.4 Å². The Labute approximate surface area is 171 Å². The third kappa shape index (κ3) is 3.87. The number of rotatable bonds is 6. The predicted octanol–water partition coefficient (Wildman–Crippen LogP) is 1.82. The first-order chi connectivity index (χ1) is 13.0. The van der Waals surface area contributed by atoms with Crippen molar-refractivity contribution in [2.45, 2.75) is 51.5 Å². The average molecular weight is 451 g/mol. The van der Waals surface area contributed by atoms with E-state index in [0.29, 0.717) is 34.4 Å². The van der Waals surface area contributed by atoms with Crippen LogP contribution in [0.2, 0.25) is 0 Å². The molecule has 1 aromatic carbocycles. The molecule has 2 heterocycles. The van der Waals surface area contributed by atoms with E-state index in [2.05, 4.69) is 41.9 Å². The number of halogens is 1. The summed E-state index contributed by atoms with van der Waals surface area (Å²) in [4.78, 5) is 26.9. The lowest BCUT2D eigenvalue weighted by Crippen LogP contribution is -2.49. The van der Waals surface area contributed by atoms with Gasteiger partial charge in [-0.1, -0.05) is 21.1 Å². The summed E-state index contributed by atoms with van der Waals surface area (Å²) >= 11 is 3.35. The number of tetrazole rings is 1. The lowest BCUT2D eigenvalue weighted by molar-refractivity contribution is -0.126. The molecule has 0 radical (unpaired) electrons. The number of hydrogen-bond acceptors (Lipinski definition) is 6. The molecule has 0 aliphatic carbocycles. The van der Waals surface area contributed by atoms with Crippen LogP contribution in [0.1, 0.15) is 45.5 Å². The van der Waals surface area contributed by atoms with Gasteiger partial charge in [0.05, 0.1) is 11.1 Å². The lowest BCUT2D eigenvalue weighted by atomic mass is 9.86. The van der Waals surface area contributed by atoms with Crippen molar-refractivity contribution >= 4 is 33.4 Å². The molecule has 0 saturated heterocycles. The van der Waals surface area contributed by atoms with Crippen LogP contribution in [0.25, 0.3) is 0 Å². The lowest BCUT2D eigenvalue weighted by Gasteiger charge is -2.28. The number of anilines is 1. The van der Waals surface area contributed by atoms with Gasteiger partial charge in [-0.05, 0) is 51.8 Å². The summed E-state index contributed by atoms with van der Waals surface area (Å²) < 4.78 is 0.679. The van der Waals surface area contributed by atoms with Crippen LogP contribution in [-0.4, -0.2) is 49.6 Å². The molecule has 9 nitrogen and oxygen atoms in total. The second kappa shape index (κ2) is 7.16. The van der Waals surface area contributed by atoms with Crippen LogP contribution in [-0.2, 0) is 21.4 Å². The van der Waals surface area contributed by atoms with Gasteiger partial charge in [-0.15, -0.1) is 10.2 Å². The fourth-order valence-corrected chi connectivity index (χ4v) is 3.83. The molecule has 2 aromatic rings. The van der Waals surface area contributed by atoms with Crippen LogP contribution in [0.4, 0.5) is 5.69 Å². The van der Waals surface area contributed by atoms with Gasteiger partial charge in [0.1, 0.15) is 12.3 Å². The molecular weight excluding hydrogens is 428 g/mol. The van der Waals surface area contributed by atoms with Gasteiger partial charge in [0.2, 0.25) is 11.8 Å². The van der Waals surface area contributed by atoms with E-state index in [1.807, 2.05) is 13.8 Å². The fourth-order valence-electron chi connectivity index (χ4n) is 3.39. The first-order valence-corrected chi connectivity index (χ1v) is 9.69. The van der Waals surface area contributed by atoms with Gasteiger partial charge in [0.15, 0.2) is 5.82 Å². The normalized spacial score (nSPS) is 15.6. The Morgan fingerprint density at radius 1 is 1.39 bits per heavy atom. The number of phenols is 1. The number of hydrogen-bond donors (Lipinski definition) is 3. The molecule has 10 heteroatoms. The van der Waals surface area contributed by atoms with Crippen LogP contribution in [0.3, 0.4) is 0 Å². The van der Waals surface area contributed by atoms with E-state index in [4.69, 9.17) is 0 Å². The SMILES string of the molecule is CC(C)(CCc1nn[nH]n1)NC(=O)CN1C(=O)C(C)(C)c2cc(Br)cc(O)c21. The Bertz CT molecular complexity index is 910. The van der Waals surface area contributed by atoms with Crippen molar-refractivity contribution in [3.05, 3.63) is 28.0 Å². The molecule has 0 saturated carbocycles. The number of nitrogens with zero attached hydrogens (tertiary/aromatic N) is 4. The van der Waals surface area contributed by atoms with Crippen LogP contribution < -0.4 is 10.2 Å². The van der Waals surface area contributed by atoms with Gasteiger partial charge in [0.25, 0.3) is 0 Å². The van der Waals surface area contributed by atoms with Crippen molar-refractivity contribution in [3.8, 4) is 5.75 Å². The Morgan fingerprint density at radius 3 is 2.75 bits per heavy atom. The second-order valence-electron chi connectivity index (χ2n) is 8.10. The smallest absolute Gasteiger partial charge is 0.240 e. The van der Waals surface area contributed by atoms with E-state index in [1.165, 1.54) is 11.0 Å². The molecule has 28 heavy (non-hydrogen) atoms. The zero-order chi connectivity index (χ0) is 20.7. The third-order valence-electron chi connectivity index (χ3n) is 4.92. The van der Waals surface area contributed by atoms with E-state index >= 15 is 0 Å². The van der Waals surface area contributed by atoms with Crippen molar-refractivity contribution in [2.24, 2.45) is 0 Å². The van der Waals surface area contributed by atoms with E-state index in [1.54, 1.807) is 19.9 Å². The van der Waals surface area contributed by atoms with E-state index in [-0.39, 0.29) is 24.1 Å². The van der Waals surface area contributed by atoms with Crippen molar-refractivity contribution < 1.29 is 14.7 Å². The molecular formula is C18H23BrN6O3. The molecule has 1 aromatic heterocycles. The number of H-pyrrole nitrogens is 1. The molecule has 1 aliphatic rings. The van der Waals surface area contributed by atoms with Gasteiger partial charge in [-0.2, -0.15) is 5.21 Å². The number of carbonyl (C=O) groups is 2. The van der Waals surface area contributed by atoms with Crippen molar-refractivity contribution in [3.63, 3.8) is 0 Å². The zero-order valence-corrected chi connectivity index (χ0v) is 17.8. The van der Waals surface area contributed by atoms with Crippen molar-refractivity contribution in [1.82, 2.24) is 25.9 Å². The summed E-state index contributed by atoms with van der Waals surface area (Å²) in [5.74, 6) is 0.00349. The maximum absolute atomic E-state index is 12.9. The molecule has 0 fully saturated rings. The predicted molar refractivity (Wildman–Crippen MR) is 106 cm³/mol. The number of amides is 2. The molecule has 0 unspecified atom stereocenters. The summed E-state index contributed by atoms with van der Waals surface area (Å²) in [7, 11) is 0. The molecule has 3 N–H and O–H groups in total. The number of aromatic nitrogens is 4. The highest BCUT2D eigenvalue weighted by atomic mass is 79.9. The van der Waals surface area contributed by atoms with Crippen molar-refractivity contribution in [2.75, 3.05) is 11.4 Å². The van der Waals surface area contributed by atoms with Crippen LogP contribution in [0, 0.1) is 0 Å². The number of benzene rings is 1. The summed E-state index contributed by atoms with van der Waals surface area (Å²) in [5, 5.41) is 27.1. The molecule has 2 amide bonds. The first-order valence-electron chi connectivity index (χ1n) is 8.89. The topological polar surface area (TPSA) is 124 Å². The van der Waals surface area contributed by atoms with Crippen LogP contribution in [0.15, 0.2) is 16.6 Å². The summed E-state index contributed by atoms with van der Waals surface area (Å²) in [6, 6.07) is 3.33. The van der Waals surface area contributed by atoms with Crippen LogP contribution in [0.5, 0.6) is 5.75 Å². The zero-order valence-electron chi connectivity index (χ0n) is 16.2. The minimum Gasteiger partial charge on any atom is -0.506 e. The maximum atomic E-state index is 12.9. The van der Waals surface area contributed by atoms with Gasteiger partial charge in [-0.25, -0.2) is 0 Å². The summed E-state index contributed by atoms with van der Waals surface area (Å²) in [6.07, 6.45) is 1.16. The molecule has 1 aliphatic heterocycles. The highest BCUT2D eigenvalue weighted by molar-refractivity contribution is 9.10. The maximum Gasteiger partial charge on any atom is 0.240 e. The standard InChI is InChI=1S/C18H23BrN6O3/c1-17(2,6-5-13-21-23-24-22-13)20-14(27)9-25-15-11(18(3,4)16(25)28)7-10(19)8-12(15)26/h7-8,26H,5-6,9H2,1-4H3,(H,20,27)(H,21,22,23,24). The quantitative estimate of drug-likeness (QED) is 0.616. The largest absolute Gasteiger partial charge is 0.506 e. The fraction of sp³-hybridized carbons (Fsp3) is 0.500. The average Bonchev–Trinajstić information content (AvgIpc) is 3.15. The number of aromatic hydroxyl groups is 1. The van der Waals surface area contributed by atoms with Gasteiger partial charge >= 0.3 is 0 Å². The number of aromatic amines is 1. The molecule has 3 rings (SSSR count). The minimum absolute atomic E-state index is 0.0348. The van der Waals surface area contributed by atoms with E-state index in [9.17, 15) is 14.7 Å². The highest BCUT2D eigenvalue weighted by Crippen LogP contribution is 2.47. The third-order valence-corrected chi connectivity index (χ3v) is 5.38. The number of phenolic OH excluding ortho intramolecular Hbond substituents is 1. The number of fused-ring (bicyclic) bond motifs is 1. The Kier molecular flexibility index (Phi) is 5.18. The minimum atomic E-state index is -0.828. The van der Waals surface area contributed by atoms with Gasteiger partial charge in [-0.3, -0.25) is 14.5 Å². The van der Waals surface area contributed by atoms with E-state index in [0.717, 1.165) is 0 Å². The highest BCUT2D eigenvalue weighted by Gasteiger charge is 2.46. The van der Waals surface area contributed by atoms with Gasteiger partial charge in [0, 0.05) is 16.4 Å². The Balaban J connectivity index is 1.73.